The summed E-state index contributed by atoms with van der Waals surface area (Å²) in [6, 6.07) is 21.8. The van der Waals surface area contributed by atoms with Gasteiger partial charge in [0.25, 0.3) is 5.91 Å². The minimum absolute atomic E-state index is 0.213. The molecule has 10 heteroatoms. The Labute approximate surface area is 224 Å². The maximum atomic E-state index is 13.7. The molecule has 0 aliphatic heterocycles. The second-order valence-corrected chi connectivity index (χ2v) is 9.90. The lowest BCUT2D eigenvalue weighted by Crippen LogP contribution is -2.11. The van der Waals surface area contributed by atoms with Crippen molar-refractivity contribution in [1.29, 1.82) is 0 Å². The minimum Gasteiger partial charge on any atom is -0.337 e. The van der Waals surface area contributed by atoms with Gasteiger partial charge in [-0.2, -0.15) is 9.49 Å². The van der Waals surface area contributed by atoms with Crippen molar-refractivity contribution in [1.82, 2.24) is 30.1 Å². The summed E-state index contributed by atoms with van der Waals surface area (Å²) in [6.45, 7) is 0. The lowest BCUT2D eigenvalue weighted by atomic mass is 10.1. The number of anilines is 1. The van der Waals surface area contributed by atoms with Gasteiger partial charge in [0.1, 0.15) is 5.69 Å². The number of thiophene rings is 1. The number of pyridine rings is 2. The summed E-state index contributed by atoms with van der Waals surface area (Å²) >= 11 is 1.08. The van der Waals surface area contributed by atoms with Gasteiger partial charge in [-0.15, -0.1) is 11.3 Å². The van der Waals surface area contributed by atoms with Gasteiger partial charge in [-0.3, -0.25) is 14.9 Å². The molecule has 0 aliphatic carbocycles. The number of nitrogens with one attached hydrogen (secondary N) is 3. The topological polar surface area (TPSA) is 112 Å². The number of benzene rings is 2. The Kier molecular flexibility index (Phi) is 5.45. The van der Waals surface area contributed by atoms with Crippen molar-refractivity contribution in [3.05, 3.63) is 102 Å². The summed E-state index contributed by atoms with van der Waals surface area (Å²) in [4.78, 5) is 30.4. The normalized spacial score (nSPS) is 11.3. The molecular formula is C29H18FN7OS. The van der Waals surface area contributed by atoms with Crippen LogP contribution in [0.25, 0.3) is 55.2 Å². The largest absolute Gasteiger partial charge is 0.337 e. The van der Waals surface area contributed by atoms with Crippen LogP contribution in [0.5, 0.6) is 0 Å². The van der Waals surface area contributed by atoms with E-state index in [4.69, 9.17) is 4.98 Å². The molecular weight excluding hydrogens is 513 g/mol. The maximum Gasteiger partial charge on any atom is 0.255 e. The van der Waals surface area contributed by atoms with E-state index in [1.165, 1.54) is 6.07 Å². The highest BCUT2D eigenvalue weighted by Gasteiger charge is 2.17. The molecule has 0 saturated heterocycles. The lowest BCUT2D eigenvalue weighted by molar-refractivity contribution is 0.102. The first-order chi connectivity index (χ1) is 19.1. The molecule has 5 aromatic heterocycles. The zero-order valence-electron chi connectivity index (χ0n) is 20.1. The third kappa shape index (κ3) is 4.22. The van der Waals surface area contributed by atoms with E-state index in [1.807, 2.05) is 48.5 Å². The average Bonchev–Trinajstić information content (AvgIpc) is 3.71. The van der Waals surface area contributed by atoms with E-state index in [9.17, 15) is 9.18 Å². The van der Waals surface area contributed by atoms with Crippen LogP contribution in [-0.4, -0.2) is 36.0 Å². The number of amides is 1. The molecule has 8 nitrogen and oxygen atoms in total. The number of rotatable bonds is 5. The number of para-hydroxylation sites is 1. The molecule has 0 saturated carbocycles. The van der Waals surface area contributed by atoms with E-state index in [-0.39, 0.29) is 11.0 Å². The van der Waals surface area contributed by atoms with Gasteiger partial charge >= 0.3 is 0 Å². The number of aromatic amines is 2. The zero-order chi connectivity index (χ0) is 26.3. The predicted molar refractivity (Wildman–Crippen MR) is 150 cm³/mol. The zero-order valence-corrected chi connectivity index (χ0v) is 21.0. The van der Waals surface area contributed by atoms with E-state index < -0.39 is 0 Å². The second-order valence-electron chi connectivity index (χ2n) is 8.87. The Hall–Kier alpha value is -5.22. The Bertz CT molecular complexity index is 1990. The number of hydrogen-bond donors (Lipinski definition) is 3. The van der Waals surface area contributed by atoms with Crippen molar-refractivity contribution >= 4 is 45.0 Å². The summed E-state index contributed by atoms with van der Waals surface area (Å²) in [7, 11) is 0. The van der Waals surface area contributed by atoms with Gasteiger partial charge in [0.15, 0.2) is 16.6 Å². The third-order valence-corrected chi connectivity index (χ3v) is 7.26. The first-order valence-electron chi connectivity index (χ1n) is 12.0. The highest BCUT2D eigenvalue weighted by Crippen LogP contribution is 2.35. The molecule has 0 unspecified atom stereocenters. The molecule has 188 valence electrons. The van der Waals surface area contributed by atoms with Crippen LogP contribution in [0.3, 0.4) is 0 Å². The average molecular weight is 532 g/mol. The smallest absolute Gasteiger partial charge is 0.255 e. The molecule has 5 heterocycles. The molecule has 0 aliphatic rings. The van der Waals surface area contributed by atoms with Gasteiger partial charge in [-0.05, 0) is 42.5 Å². The molecule has 2 aromatic carbocycles. The molecule has 0 atom stereocenters. The van der Waals surface area contributed by atoms with Crippen molar-refractivity contribution in [3.63, 3.8) is 0 Å². The Balaban J connectivity index is 1.25. The van der Waals surface area contributed by atoms with Gasteiger partial charge < -0.3 is 10.3 Å². The fourth-order valence-corrected chi connectivity index (χ4v) is 5.26. The first kappa shape index (κ1) is 22.9. The monoisotopic (exact) mass is 531 g/mol. The van der Waals surface area contributed by atoms with Crippen LogP contribution >= 0.6 is 11.3 Å². The number of carbonyl (C=O) groups excluding carboxylic acids is 1. The van der Waals surface area contributed by atoms with Crippen molar-refractivity contribution in [3.8, 4) is 33.1 Å². The van der Waals surface area contributed by atoms with Crippen LogP contribution in [0.1, 0.15) is 10.4 Å². The summed E-state index contributed by atoms with van der Waals surface area (Å²) in [6.07, 6.45) is 5.05. The van der Waals surface area contributed by atoms with Crippen molar-refractivity contribution < 1.29 is 9.18 Å². The molecule has 39 heavy (non-hydrogen) atoms. The van der Waals surface area contributed by atoms with Crippen LogP contribution in [-0.2, 0) is 0 Å². The number of fused-ring (bicyclic) bond motifs is 2. The van der Waals surface area contributed by atoms with Gasteiger partial charge in [0, 0.05) is 39.5 Å². The Morgan fingerprint density at radius 1 is 0.923 bits per heavy atom. The fraction of sp³-hybridized carbons (Fsp3) is 0. The summed E-state index contributed by atoms with van der Waals surface area (Å²) in [5.41, 5.74) is 6.35. The number of carbonyl (C=O) groups is 1. The highest BCUT2D eigenvalue weighted by molar-refractivity contribution is 7.14. The van der Waals surface area contributed by atoms with Gasteiger partial charge in [0.05, 0.1) is 28.3 Å². The van der Waals surface area contributed by atoms with Gasteiger partial charge in [-0.1, -0.05) is 30.3 Å². The SMILES string of the molecule is O=C(Nc1cncc(-c2cnc3[nH]nc(-c4nc5c(-c6ccc(F)s6)cccc5[nH]4)c3c2)c1)c1ccccc1. The van der Waals surface area contributed by atoms with Crippen molar-refractivity contribution in [2.45, 2.75) is 0 Å². The van der Waals surface area contributed by atoms with E-state index >= 15 is 0 Å². The standard InChI is InChI=1S/C29H18FN7OS/c30-24-10-9-23(39-24)20-7-4-8-22-25(20)35-28(34-22)26-21-12-18(14-32-27(21)37-36-26)17-11-19(15-31-13-17)33-29(38)16-5-2-1-3-6-16/h1-15H,(H,33,38)(H,34,35)(H,32,36,37). The molecule has 0 radical (unpaired) electrons. The Morgan fingerprint density at radius 3 is 2.64 bits per heavy atom. The van der Waals surface area contributed by atoms with Gasteiger partial charge in [0.2, 0.25) is 0 Å². The molecule has 1 amide bonds. The van der Waals surface area contributed by atoms with Crippen LogP contribution < -0.4 is 5.32 Å². The first-order valence-corrected chi connectivity index (χ1v) is 12.8. The van der Waals surface area contributed by atoms with E-state index in [2.05, 4.69) is 30.5 Å². The molecule has 0 bridgehead atoms. The number of H-pyrrole nitrogens is 2. The van der Waals surface area contributed by atoms with E-state index in [1.54, 1.807) is 36.8 Å². The molecule has 0 spiro atoms. The van der Waals surface area contributed by atoms with Gasteiger partial charge in [-0.25, -0.2) is 9.97 Å². The number of imidazole rings is 1. The Morgan fingerprint density at radius 2 is 1.79 bits per heavy atom. The molecule has 3 N–H and O–H groups in total. The number of aromatic nitrogens is 6. The summed E-state index contributed by atoms with van der Waals surface area (Å²) in [5, 5.41) is 10.9. The van der Waals surface area contributed by atoms with Crippen LogP contribution in [0.4, 0.5) is 10.1 Å². The summed E-state index contributed by atoms with van der Waals surface area (Å²) < 4.78 is 13.7. The van der Waals surface area contributed by atoms with Crippen molar-refractivity contribution in [2.75, 3.05) is 5.32 Å². The predicted octanol–water partition coefficient (Wildman–Crippen LogP) is 6.68. The van der Waals surface area contributed by atoms with E-state index in [0.717, 1.165) is 49.3 Å². The van der Waals surface area contributed by atoms with Crippen LogP contribution in [0, 0.1) is 5.13 Å². The molecule has 0 fully saturated rings. The van der Waals surface area contributed by atoms with E-state index in [0.29, 0.717) is 28.4 Å². The lowest BCUT2D eigenvalue weighted by Gasteiger charge is -2.07. The maximum absolute atomic E-state index is 13.7. The quantitative estimate of drug-likeness (QED) is 0.229. The van der Waals surface area contributed by atoms with Crippen LogP contribution in [0.15, 0.2) is 91.4 Å². The van der Waals surface area contributed by atoms with Crippen LogP contribution in [0.2, 0.25) is 0 Å². The van der Waals surface area contributed by atoms with Crippen molar-refractivity contribution in [2.24, 2.45) is 0 Å². The fourth-order valence-electron chi connectivity index (χ4n) is 4.50. The molecule has 7 rings (SSSR count). The minimum atomic E-state index is -0.243. The number of hydrogen-bond acceptors (Lipinski definition) is 6. The summed E-state index contributed by atoms with van der Waals surface area (Å²) in [5.74, 6) is 0.358. The second kappa shape index (κ2) is 9.26. The number of nitrogens with zero attached hydrogens (tertiary/aromatic N) is 4. The molecule has 7 aromatic rings. The number of halogens is 1. The third-order valence-electron chi connectivity index (χ3n) is 6.36. The highest BCUT2D eigenvalue weighted by atomic mass is 32.1.